The zero-order valence-corrected chi connectivity index (χ0v) is 9.78. The molecule has 0 aliphatic heterocycles. The van der Waals surface area contributed by atoms with Gasteiger partial charge < -0.3 is 18.9 Å². The zero-order chi connectivity index (χ0) is 12.1. The Kier molecular flexibility index (Phi) is 11.2. The van der Waals surface area contributed by atoms with Crippen LogP contribution in [0.25, 0.3) is 0 Å². The smallest absolute Gasteiger partial charge is 0.432 e. The number of hydrogen-bond donors (Lipinski definition) is 0. The molecular formula is C11H20O5. The van der Waals surface area contributed by atoms with Crippen LogP contribution >= 0.6 is 0 Å². The van der Waals surface area contributed by atoms with E-state index in [1.165, 1.54) is 6.08 Å². The molecule has 0 saturated carbocycles. The minimum atomic E-state index is -0.703. The lowest BCUT2D eigenvalue weighted by molar-refractivity contribution is 0.0117. The maximum Gasteiger partial charge on any atom is 0.508 e. The Balaban J connectivity index is 3.08. The fraction of sp³-hybridized carbons (Fsp3) is 0.727. The van der Waals surface area contributed by atoms with Gasteiger partial charge in [0.2, 0.25) is 0 Å². The van der Waals surface area contributed by atoms with E-state index < -0.39 is 6.16 Å². The van der Waals surface area contributed by atoms with Crippen molar-refractivity contribution in [3.8, 4) is 0 Å². The molecule has 0 heterocycles. The fourth-order valence-corrected chi connectivity index (χ4v) is 0.819. The Morgan fingerprint density at radius 2 is 1.69 bits per heavy atom. The molecule has 0 bridgehead atoms. The first-order chi connectivity index (χ1) is 7.81. The molecule has 0 aromatic carbocycles. The molecule has 0 spiro atoms. The van der Waals surface area contributed by atoms with E-state index in [2.05, 4.69) is 11.3 Å². The lowest BCUT2D eigenvalue weighted by atomic mass is 10.5. The van der Waals surface area contributed by atoms with Crippen molar-refractivity contribution in [2.45, 2.75) is 13.3 Å². The number of ether oxygens (including phenoxy) is 4. The molecule has 5 nitrogen and oxygen atoms in total. The van der Waals surface area contributed by atoms with Crippen molar-refractivity contribution < 1.29 is 23.7 Å². The van der Waals surface area contributed by atoms with Crippen LogP contribution < -0.4 is 0 Å². The Hall–Kier alpha value is -1.07. The highest BCUT2D eigenvalue weighted by atomic mass is 16.7. The second kappa shape index (κ2) is 12.0. The molecule has 16 heavy (non-hydrogen) atoms. The van der Waals surface area contributed by atoms with Crippen LogP contribution in [-0.2, 0) is 18.9 Å². The summed E-state index contributed by atoms with van der Waals surface area (Å²) in [5.74, 6) is 0. The Morgan fingerprint density at radius 1 is 1.06 bits per heavy atom. The van der Waals surface area contributed by atoms with Crippen molar-refractivity contribution in [3.05, 3.63) is 12.7 Å². The van der Waals surface area contributed by atoms with Crippen LogP contribution in [0.3, 0.4) is 0 Å². The van der Waals surface area contributed by atoms with Gasteiger partial charge in [0, 0.05) is 6.61 Å². The van der Waals surface area contributed by atoms with Crippen LogP contribution in [0.5, 0.6) is 0 Å². The van der Waals surface area contributed by atoms with Crippen molar-refractivity contribution in [1.29, 1.82) is 0 Å². The van der Waals surface area contributed by atoms with Crippen LogP contribution in [-0.4, -0.2) is 45.8 Å². The third kappa shape index (κ3) is 11.0. The van der Waals surface area contributed by atoms with E-state index in [4.69, 9.17) is 14.2 Å². The summed E-state index contributed by atoms with van der Waals surface area (Å²) in [4.78, 5) is 10.8. The molecule has 0 aliphatic carbocycles. The third-order valence-electron chi connectivity index (χ3n) is 1.49. The topological polar surface area (TPSA) is 54.0 Å². The summed E-state index contributed by atoms with van der Waals surface area (Å²) in [6, 6.07) is 0. The summed E-state index contributed by atoms with van der Waals surface area (Å²) >= 11 is 0. The van der Waals surface area contributed by atoms with Gasteiger partial charge >= 0.3 is 6.16 Å². The Labute approximate surface area is 96.3 Å². The van der Waals surface area contributed by atoms with E-state index in [9.17, 15) is 4.79 Å². The lowest BCUT2D eigenvalue weighted by Crippen LogP contribution is -2.14. The summed E-state index contributed by atoms with van der Waals surface area (Å²) in [6.45, 7) is 7.95. The van der Waals surface area contributed by atoms with E-state index in [1.54, 1.807) is 0 Å². The second-order valence-corrected chi connectivity index (χ2v) is 2.92. The SMILES string of the molecule is C=CCOC(=O)OCCOCCOCCC. The van der Waals surface area contributed by atoms with Crippen molar-refractivity contribution in [2.24, 2.45) is 0 Å². The Morgan fingerprint density at radius 3 is 2.31 bits per heavy atom. The number of rotatable bonds is 10. The van der Waals surface area contributed by atoms with E-state index in [1.807, 2.05) is 6.92 Å². The Bertz CT molecular complexity index is 181. The number of carbonyl (C=O) groups excluding carboxylic acids is 1. The van der Waals surface area contributed by atoms with Crippen molar-refractivity contribution >= 4 is 6.16 Å². The quantitative estimate of drug-likeness (QED) is 0.326. The minimum Gasteiger partial charge on any atom is -0.432 e. The van der Waals surface area contributed by atoms with Crippen LogP contribution in [0.1, 0.15) is 13.3 Å². The highest BCUT2D eigenvalue weighted by Gasteiger charge is 2.00. The summed E-state index contributed by atoms with van der Waals surface area (Å²) < 4.78 is 19.6. The largest absolute Gasteiger partial charge is 0.508 e. The molecule has 0 fully saturated rings. The zero-order valence-electron chi connectivity index (χ0n) is 9.78. The standard InChI is InChI=1S/C11H20O5/c1-3-5-13-7-8-14-9-10-16-11(12)15-6-4-2/h4H,2-3,5-10H2,1H3. The summed E-state index contributed by atoms with van der Waals surface area (Å²) in [5.41, 5.74) is 0. The summed E-state index contributed by atoms with van der Waals surface area (Å²) in [5, 5.41) is 0. The summed E-state index contributed by atoms with van der Waals surface area (Å²) in [7, 11) is 0. The first-order valence-corrected chi connectivity index (χ1v) is 5.37. The lowest BCUT2D eigenvalue weighted by Gasteiger charge is -2.06. The summed E-state index contributed by atoms with van der Waals surface area (Å²) in [6.07, 6.45) is 1.77. The first-order valence-electron chi connectivity index (χ1n) is 5.37. The molecule has 0 atom stereocenters. The highest BCUT2D eigenvalue weighted by molar-refractivity contribution is 5.59. The normalized spacial score (nSPS) is 9.81. The predicted octanol–water partition coefficient (Wildman–Crippen LogP) is 1.77. The molecule has 5 heteroatoms. The van der Waals surface area contributed by atoms with Gasteiger partial charge in [-0.3, -0.25) is 0 Å². The van der Waals surface area contributed by atoms with Gasteiger partial charge in [-0.15, -0.1) is 0 Å². The molecule has 0 unspecified atom stereocenters. The van der Waals surface area contributed by atoms with Gasteiger partial charge in [-0.2, -0.15) is 0 Å². The van der Waals surface area contributed by atoms with Gasteiger partial charge in [0.05, 0.1) is 19.8 Å². The van der Waals surface area contributed by atoms with Gasteiger partial charge in [0.1, 0.15) is 13.2 Å². The van der Waals surface area contributed by atoms with Crippen LogP contribution in [0, 0.1) is 0 Å². The van der Waals surface area contributed by atoms with Crippen LogP contribution in [0.2, 0.25) is 0 Å². The van der Waals surface area contributed by atoms with E-state index in [0.29, 0.717) is 19.8 Å². The van der Waals surface area contributed by atoms with Crippen molar-refractivity contribution in [3.63, 3.8) is 0 Å². The van der Waals surface area contributed by atoms with E-state index in [0.717, 1.165) is 13.0 Å². The molecule has 0 aromatic rings. The molecule has 0 rings (SSSR count). The average molecular weight is 232 g/mol. The second-order valence-electron chi connectivity index (χ2n) is 2.92. The fourth-order valence-electron chi connectivity index (χ4n) is 0.819. The molecule has 0 saturated heterocycles. The molecule has 0 aliphatic rings. The molecule has 0 N–H and O–H groups in total. The van der Waals surface area contributed by atoms with Gasteiger partial charge in [0.25, 0.3) is 0 Å². The van der Waals surface area contributed by atoms with Crippen LogP contribution in [0.15, 0.2) is 12.7 Å². The molecular weight excluding hydrogens is 212 g/mol. The van der Waals surface area contributed by atoms with Gasteiger partial charge in [0.15, 0.2) is 0 Å². The van der Waals surface area contributed by atoms with Crippen LogP contribution in [0.4, 0.5) is 4.79 Å². The maximum atomic E-state index is 10.8. The molecule has 94 valence electrons. The van der Waals surface area contributed by atoms with E-state index >= 15 is 0 Å². The van der Waals surface area contributed by atoms with Crippen molar-refractivity contribution in [2.75, 3.05) is 39.6 Å². The van der Waals surface area contributed by atoms with Crippen molar-refractivity contribution in [1.82, 2.24) is 0 Å². The average Bonchev–Trinajstić information content (AvgIpc) is 2.30. The third-order valence-corrected chi connectivity index (χ3v) is 1.49. The van der Waals surface area contributed by atoms with Gasteiger partial charge in [-0.1, -0.05) is 19.6 Å². The van der Waals surface area contributed by atoms with Gasteiger partial charge in [-0.05, 0) is 6.42 Å². The van der Waals surface area contributed by atoms with E-state index in [-0.39, 0.29) is 13.2 Å². The molecule has 0 aromatic heterocycles. The molecule has 0 radical (unpaired) electrons. The highest BCUT2D eigenvalue weighted by Crippen LogP contribution is 1.87. The predicted molar refractivity (Wildman–Crippen MR) is 59.4 cm³/mol. The van der Waals surface area contributed by atoms with Gasteiger partial charge in [-0.25, -0.2) is 4.79 Å². The first kappa shape index (κ1) is 14.9. The molecule has 0 amide bonds. The number of hydrogen-bond acceptors (Lipinski definition) is 5. The minimum absolute atomic E-state index is 0.157. The monoisotopic (exact) mass is 232 g/mol. The maximum absolute atomic E-state index is 10.8. The number of carbonyl (C=O) groups is 1.